The Morgan fingerprint density at radius 3 is 2.96 bits per heavy atom. The predicted molar refractivity (Wildman–Crippen MR) is 102 cm³/mol. The molecule has 0 spiro atoms. The molecule has 0 N–H and O–H groups in total. The number of likely N-dealkylation sites (tertiary alicyclic amines) is 1. The van der Waals surface area contributed by atoms with Crippen molar-refractivity contribution in [2.24, 2.45) is 0 Å². The quantitative estimate of drug-likeness (QED) is 0.760. The van der Waals surface area contributed by atoms with Gasteiger partial charge in [0.1, 0.15) is 11.5 Å². The molecule has 2 bridgehead atoms. The van der Waals surface area contributed by atoms with E-state index in [2.05, 4.69) is 30.5 Å². The normalized spacial score (nSPS) is 33.3. The van der Waals surface area contributed by atoms with Gasteiger partial charge < -0.3 is 9.47 Å². The molecular formula is C22H29NO3. The van der Waals surface area contributed by atoms with Crippen LogP contribution in [0.2, 0.25) is 0 Å². The number of hydrogen-bond donors (Lipinski definition) is 0. The van der Waals surface area contributed by atoms with Gasteiger partial charge in [0.15, 0.2) is 0 Å². The summed E-state index contributed by atoms with van der Waals surface area (Å²) in [5.41, 5.74) is 1.95. The zero-order valence-corrected chi connectivity index (χ0v) is 15.9. The van der Waals surface area contributed by atoms with E-state index < -0.39 is 0 Å². The zero-order valence-electron chi connectivity index (χ0n) is 15.9. The summed E-state index contributed by atoms with van der Waals surface area (Å²) in [6.07, 6.45) is 5.84. The molecule has 0 amide bonds. The number of ketones is 1. The van der Waals surface area contributed by atoms with E-state index in [1.54, 1.807) is 7.11 Å². The molecule has 0 radical (unpaired) electrons. The van der Waals surface area contributed by atoms with Crippen molar-refractivity contribution in [2.75, 3.05) is 26.8 Å². The first-order chi connectivity index (χ1) is 12.6. The minimum Gasteiger partial charge on any atom is -0.496 e. The number of Topliss-reactive ketones (excluding diaryl/α,β-unsaturated/α-hetero) is 1. The molecule has 1 aliphatic heterocycles. The number of nitrogens with zero attached hydrogens (tertiary/aromatic N) is 1. The molecule has 1 aromatic carbocycles. The Labute approximate surface area is 156 Å². The molecular weight excluding hydrogens is 326 g/mol. The molecule has 1 saturated carbocycles. The van der Waals surface area contributed by atoms with Gasteiger partial charge in [-0.25, -0.2) is 0 Å². The van der Waals surface area contributed by atoms with Crippen molar-refractivity contribution in [2.45, 2.75) is 56.1 Å². The lowest BCUT2D eigenvalue weighted by atomic mass is 9.49. The maximum atomic E-state index is 12.6. The van der Waals surface area contributed by atoms with Gasteiger partial charge in [0.2, 0.25) is 0 Å². The Balaban J connectivity index is 1.97. The second-order valence-corrected chi connectivity index (χ2v) is 7.87. The predicted octanol–water partition coefficient (Wildman–Crippen LogP) is 3.28. The minimum atomic E-state index is -0.321. The fraction of sp³-hybridized carbons (Fsp3) is 0.591. The third-order valence-electron chi connectivity index (χ3n) is 6.88. The average Bonchev–Trinajstić information content (AvgIpc) is 2.64. The van der Waals surface area contributed by atoms with Crippen LogP contribution in [0.3, 0.4) is 0 Å². The molecule has 0 aromatic heterocycles. The summed E-state index contributed by atoms with van der Waals surface area (Å²) in [7, 11) is 1.73. The van der Waals surface area contributed by atoms with Crippen molar-refractivity contribution in [3.63, 3.8) is 0 Å². The van der Waals surface area contributed by atoms with E-state index in [1.807, 2.05) is 12.1 Å². The number of benzene rings is 1. The summed E-state index contributed by atoms with van der Waals surface area (Å²) in [4.78, 5) is 15.2. The highest BCUT2D eigenvalue weighted by Gasteiger charge is 2.66. The van der Waals surface area contributed by atoms with Crippen molar-refractivity contribution in [1.82, 2.24) is 4.90 Å². The molecule has 4 nitrogen and oxygen atoms in total. The van der Waals surface area contributed by atoms with Crippen molar-refractivity contribution in [1.29, 1.82) is 0 Å². The summed E-state index contributed by atoms with van der Waals surface area (Å²) in [5, 5.41) is 0. The molecule has 140 valence electrons. The topological polar surface area (TPSA) is 38.8 Å². The third-order valence-corrected chi connectivity index (χ3v) is 6.88. The summed E-state index contributed by atoms with van der Waals surface area (Å²) < 4.78 is 12.4. The number of ether oxygens (including phenoxy) is 2. The maximum Gasteiger partial charge on any atom is 0.134 e. The number of fused-ring (bicyclic) bond motifs is 1. The SMILES string of the molecule is C=CCN1CC[C@]23CC(=O)CC[C@@]2(OCC)[C@H]1Cc1cccc(OC)c13. The van der Waals surface area contributed by atoms with E-state index in [-0.39, 0.29) is 17.1 Å². The number of piperidine rings is 1. The van der Waals surface area contributed by atoms with Crippen LogP contribution < -0.4 is 4.74 Å². The van der Waals surface area contributed by atoms with Gasteiger partial charge in [0, 0.05) is 43.0 Å². The molecule has 4 heteroatoms. The molecule has 2 fully saturated rings. The van der Waals surface area contributed by atoms with Gasteiger partial charge in [-0.2, -0.15) is 0 Å². The highest BCUT2D eigenvalue weighted by molar-refractivity contribution is 5.83. The van der Waals surface area contributed by atoms with Crippen LogP contribution in [0.15, 0.2) is 30.9 Å². The smallest absolute Gasteiger partial charge is 0.134 e. The highest BCUT2D eigenvalue weighted by atomic mass is 16.5. The lowest BCUT2D eigenvalue weighted by Crippen LogP contribution is -2.74. The van der Waals surface area contributed by atoms with Crippen LogP contribution in [0.1, 0.15) is 43.7 Å². The number of carbonyl (C=O) groups is 1. The number of rotatable bonds is 5. The van der Waals surface area contributed by atoms with Crippen LogP contribution >= 0.6 is 0 Å². The van der Waals surface area contributed by atoms with Crippen LogP contribution in [0, 0.1) is 0 Å². The minimum absolute atomic E-state index is 0.277. The zero-order chi connectivity index (χ0) is 18.4. The molecule has 1 aromatic rings. The number of hydrogen-bond acceptors (Lipinski definition) is 4. The summed E-state index contributed by atoms with van der Waals surface area (Å²) in [5.74, 6) is 1.27. The molecule has 1 heterocycles. The van der Waals surface area contributed by atoms with Crippen molar-refractivity contribution >= 4 is 5.78 Å². The lowest BCUT2D eigenvalue weighted by molar-refractivity contribution is -0.196. The Kier molecular flexibility index (Phi) is 4.44. The van der Waals surface area contributed by atoms with Crippen molar-refractivity contribution < 1.29 is 14.3 Å². The van der Waals surface area contributed by atoms with Crippen LogP contribution in [0.25, 0.3) is 0 Å². The summed E-state index contributed by atoms with van der Waals surface area (Å²) >= 11 is 0. The second-order valence-electron chi connectivity index (χ2n) is 7.87. The van der Waals surface area contributed by atoms with E-state index in [9.17, 15) is 4.79 Å². The standard InChI is InChI=1S/C22H29NO3/c1-4-12-23-13-11-21-15-17(24)9-10-22(21,26-5-2)19(23)14-16-7-6-8-18(25-3)20(16)21/h4,6-8,19H,1,5,9-15H2,2-3H3/t19-,21-,22-/m1/s1. The Hall–Kier alpha value is -1.65. The summed E-state index contributed by atoms with van der Waals surface area (Å²) in [6.45, 7) is 8.53. The molecule has 26 heavy (non-hydrogen) atoms. The molecule has 2 aliphatic carbocycles. The molecule has 4 rings (SSSR count). The largest absolute Gasteiger partial charge is 0.496 e. The van der Waals surface area contributed by atoms with E-state index in [0.717, 1.165) is 38.1 Å². The molecule has 3 aliphatic rings. The van der Waals surface area contributed by atoms with Crippen LogP contribution in [-0.2, 0) is 21.4 Å². The van der Waals surface area contributed by atoms with Gasteiger partial charge in [0.25, 0.3) is 0 Å². The average molecular weight is 355 g/mol. The van der Waals surface area contributed by atoms with Gasteiger partial charge in [-0.3, -0.25) is 9.69 Å². The highest BCUT2D eigenvalue weighted by Crippen LogP contribution is 2.60. The van der Waals surface area contributed by atoms with E-state index in [4.69, 9.17) is 9.47 Å². The van der Waals surface area contributed by atoms with Gasteiger partial charge >= 0.3 is 0 Å². The van der Waals surface area contributed by atoms with Gasteiger partial charge in [-0.05, 0) is 44.4 Å². The maximum absolute atomic E-state index is 12.6. The monoisotopic (exact) mass is 355 g/mol. The van der Waals surface area contributed by atoms with Crippen LogP contribution in [-0.4, -0.2) is 49.1 Å². The fourth-order valence-corrected chi connectivity index (χ4v) is 6.05. The second kappa shape index (κ2) is 6.50. The lowest BCUT2D eigenvalue weighted by Gasteiger charge is -2.65. The first kappa shape index (κ1) is 17.7. The summed E-state index contributed by atoms with van der Waals surface area (Å²) in [6, 6.07) is 6.60. The Bertz CT molecular complexity index is 730. The van der Waals surface area contributed by atoms with E-state index >= 15 is 0 Å². The van der Waals surface area contributed by atoms with Crippen molar-refractivity contribution in [3.05, 3.63) is 42.0 Å². The van der Waals surface area contributed by atoms with Crippen molar-refractivity contribution in [3.8, 4) is 5.75 Å². The molecule has 0 unspecified atom stereocenters. The Morgan fingerprint density at radius 1 is 1.38 bits per heavy atom. The Morgan fingerprint density at radius 2 is 2.23 bits per heavy atom. The van der Waals surface area contributed by atoms with Crippen LogP contribution in [0.5, 0.6) is 5.75 Å². The number of methoxy groups -OCH3 is 1. The van der Waals surface area contributed by atoms with E-state index in [0.29, 0.717) is 25.2 Å². The van der Waals surface area contributed by atoms with E-state index in [1.165, 1.54) is 11.1 Å². The van der Waals surface area contributed by atoms with Gasteiger partial charge in [0.05, 0.1) is 12.7 Å². The molecule has 3 atom stereocenters. The van der Waals surface area contributed by atoms with Crippen LogP contribution in [0.4, 0.5) is 0 Å². The molecule has 1 saturated heterocycles. The first-order valence-electron chi connectivity index (χ1n) is 9.79. The first-order valence-corrected chi connectivity index (χ1v) is 9.79. The van der Waals surface area contributed by atoms with Gasteiger partial charge in [-0.15, -0.1) is 6.58 Å². The van der Waals surface area contributed by atoms with Gasteiger partial charge in [-0.1, -0.05) is 18.2 Å². The fourth-order valence-electron chi connectivity index (χ4n) is 6.05. The number of carbonyl (C=O) groups excluding carboxylic acids is 1. The third kappa shape index (κ3) is 2.25.